The first-order chi connectivity index (χ1) is 32.9. The van der Waals surface area contributed by atoms with E-state index in [1.807, 2.05) is 115 Å². The Bertz CT molecular complexity index is 3140. The molecular weight excluding hydrogens is 847 g/mol. The lowest BCUT2D eigenvalue weighted by molar-refractivity contribution is 0.289. The van der Waals surface area contributed by atoms with Crippen LogP contribution in [0.15, 0.2) is 173 Å². The van der Waals surface area contributed by atoms with E-state index >= 15 is 0 Å². The molecule has 0 spiro atoms. The average molecular weight is 898 g/mol. The average Bonchev–Trinajstić information content (AvgIpc) is 4.14. The van der Waals surface area contributed by atoms with Gasteiger partial charge in [0.05, 0.1) is 11.0 Å². The molecule has 4 aromatic heterocycles. The molecule has 0 atom stereocenters. The Morgan fingerprint density at radius 2 is 0.912 bits per heavy atom. The number of hydrogen-bond donors (Lipinski definition) is 0. The number of imidazole rings is 1. The molecule has 0 bridgehead atoms. The molecule has 0 unspecified atom stereocenters. The van der Waals surface area contributed by atoms with Crippen LogP contribution in [0.2, 0.25) is 0 Å². The van der Waals surface area contributed by atoms with Gasteiger partial charge < -0.3 is 22.9 Å². The summed E-state index contributed by atoms with van der Waals surface area (Å²) < 4.78 is 27.4. The second-order valence-electron chi connectivity index (χ2n) is 19.0. The second-order valence-corrected chi connectivity index (χ2v) is 19.0. The fourth-order valence-electron chi connectivity index (χ4n) is 7.96. The Hall–Kier alpha value is -8.18. The predicted molar refractivity (Wildman–Crippen MR) is 265 cm³/mol. The SMILES string of the molecule is CC(C)(C)c1ccc(-c2nnc(-c3ccc(COc4cc(Cn5c(-c6ccccn6)nc6ccccc65)cc(OCc5ccc(-c6nnc(-c7ccc(C(C)(C)C)cc7)o6)cc5)c4)cc3)o2)cc1. The number of fused-ring (bicyclic) bond motifs is 1. The Morgan fingerprint density at radius 3 is 1.35 bits per heavy atom. The largest absolute Gasteiger partial charge is 0.489 e. The lowest BCUT2D eigenvalue weighted by Crippen LogP contribution is -2.10. The minimum Gasteiger partial charge on any atom is -0.489 e. The lowest BCUT2D eigenvalue weighted by atomic mass is 9.87. The number of aromatic nitrogens is 7. The standard InChI is InChI=1S/C57H51N7O4/c1-56(2,3)44-26-22-42(23-27-44)54-62-60-52(67-54)40-18-14-37(15-19-40)35-65-46-31-39(34-64-50-13-8-7-11-48(50)59-51(64)49-12-9-10-30-58-49)32-47(33-46)66-36-38-16-20-41(21-17-38)53-61-63-55(68-53)43-24-28-45(29-25-43)57(4,5)6/h7-33H,34-36H2,1-6H3. The van der Waals surface area contributed by atoms with Gasteiger partial charge in [-0.2, -0.15) is 0 Å². The van der Waals surface area contributed by atoms with Crippen molar-refractivity contribution < 1.29 is 18.3 Å². The van der Waals surface area contributed by atoms with Gasteiger partial charge in [0.2, 0.25) is 23.6 Å². The number of ether oxygens (including phenoxy) is 2. The molecule has 10 aromatic rings. The lowest BCUT2D eigenvalue weighted by Gasteiger charge is -2.18. The molecule has 0 saturated heterocycles. The normalized spacial score (nSPS) is 11.9. The number of hydrogen-bond acceptors (Lipinski definition) is 10. The van der Waals surface area contributed by atoms with Gasteiger partial charge in [0.15, 0.2) is 5.82 Å². The second kappa shape index (κ2) is 18.2. The maximum Gasteiger partial charge on any atom is 0.248 e. The summed E-state index contributed by atoms with van der Waals surface area (Å²) >= 11 is 0. The van der Waals surface area contributed by atoms with E-state index < -0.39 is 0 Å². The van der Waals surface area contributed by atoms with Gasteiger partial charge >= 0.3 is 0 Å². The summed E-state index contributed by atoms with van der Waals surface area (Å²) in [5.74, 6) is 3.98. The summed E-state index contributed by atoms with van der Waals surface area (Å²) in [4.78, 5) is 9.65. The summed E-state index contributed by atoms with van der Waals surface area (Å²) in [5.41, 5.74) is 11.6. The van der Waals surface area contributed by atoms with Crippen LogP contribution in [0.25, 0.3) is 68.4 Å². The zero-order valence-electron chi connectivity index (χ0n) is 39.0. The summed E-state index contributed by atoms with van der Waals surface area (Å²) in [6.45, 7) is 14.3. The molecule has 0 radical (unpaired) electrons. The molecule has 338 valence electrons. The van der Waals surface area contributed by atoms with Gasteiger partial charge in [-0.05, 0) is 124 Å². The van der Waals surface area contributed by atoms with Crippen LogP contribution < -0.4 is 9.47 Å². The molecule has 0 fully saturated rings. The Morgan fingerprint density at radius 1 is 0.471 bits per heavy atom. The molecule has 0 aliphatic rings. The predicted octanol–water partition coefficient (Wildman–Crippen LogP) is 13.3. The van der Waals surface area contributed by atoms with Crippen molar-refractivity contribution >= 4 is 11.0 Å². The fourth-order valence-corrected chi connectivity index (χ4v) is 7.96. The van der Waals surface area contributed by atoms with E-state index in [1.54, 1.807) is 6.20 Å². The van der Waals surface area contributed by atoms with Crippen LogP contribution >= 0.6 is 0 Å². The van der Waals surface area contributed by atoms with Crippen LogP contribution in [-0.2, 0) is 30.6 Å². The number of para-hydroxylation sites is 2. The highest BCUT2D eigenvalue weighted by atomic mass is 16.5. The van der Waals surface area contributed by atoms with E-state index in [4.69, 9.17) is 23.3 Å². The highest BCUT2D eigenvalue weighted by Gasteiger charge is 2.19. The first kappa shape index (κ1) is 43.7. The fraction of sp³-hybridized carbons (Fsp3) is 0.193. The Balaban J connectivity index is 0.869. The zero-order chi connectivity index (χ0) is 46.8. The summed E-state index contributed by atoms with van der Waals surface area (Å²) in [5, 5.41) is 17.4. The van der Waals surface area contributed by atoms with Crippen molar-refractivity contribution in [2.75, 3.05) is 0 Å². The number of nitrogens with zero attached hydrogens (tertiary/aromatic N) is 7. The topological polar surface area (TPSA) is 127 Å². The van der Waals surface area contributed by atoms with Crippen molar-refractivity contribution in [2.24, 2.45) is 0 Å². The molecule has 11 heteroatoms. The summed E-state index contributed by atoms with van der Waals surface area (Å²) in [7, 11) is 0. The van der Waals surface area contributed by atoms with Crippen LogP contribution in [0.4, 0.5) is 0 Å². The quantitative estimate of drug-likeness (QED) is 0.110. The highest BCUT2D eigenvalue weighted by molar-refractivity contribution is 5.80. The van der Waals surface area contributed by atoms with Gasteiger partial charge in [0.1, 0.15) is 30.4 Å². The highest BCUT2D eigenvalue weighted by Crippen LogP contribution is 2.32. The van der Waals surface area contributed by atoms with Crippen molar-refractivity contribution in [3.05, 3.63) is 192 Å². The molecule has 10 rings (SSSR count). The first-order valence-electron chi connectivity index (χ1n) is 22.7. The van der Waals surface area contributed by atoms with Crippen molar-refractivity contribution in [1.29, 1.82) is 0 Å². The van der Waals surface area contributed by atoms with Crippen molar-refractivity contribution in [1.82, 2.24) is 34.9 Å². The zero-order valence-corrected chi connectivity index (χ0v) is 39.0. The molecular formula is C57H51N7O4. The molecule has 0 amide bonds. The Labute approximate surface area is 395 Å². The van der Waals surface area contributed by atoms with E-state index in [0.29, 0.717) is 54.8 Å². The number of benzene rings is 6. The minimum atomic E-state index is 0.0584. The molecule has 11 nitrogen and oxygen atoms in total. The van der Waals surface area contributed by atoms with Crippen LogP contribution in [0.3, 0.4) is 0 Å². The van der Waals surface area contributed by atoms with Crippen LogP contribution in [-0.4, -0.2) is 34.9 Å². The van der Waals surface area contributed by atoms with Gasteiger partial charge in [0, 0.05) is 41.1 Å². The van der Waals surface area contributed by atoms with E-state index in [2.05, 4.69) is 114 Å². The van der Waals surface area contributed by atoms with E-state index in [-0.39, 0.29) is 10.8 Å². The molecule has 6 aromatic carbocycles. The Kier molecular flexibility index (Phi) is 11.7. The first-order valence-corrected chi connectivity index (χ1v) is 22.7. The van der Waals surface area contributed by atoms with Crippen molar-refractivity contribution in [2.45, 2.75) is 72.1 Å². The van der Waals surface area contributed by atoms with Gasteiger partial charge in [-0.15, -0.1) is 20.4 Å². The maximum atomic E-state index is 6.52. The molecule has 68 heavy (non-hydrogen) atoms. The van der Waals surface area contributed by atoms with Crippen LogP contribution in [0, 0.1) is 0 Å². The van der Waals surface area contributed by atoms with Gasteiger partial charge in [-0.3, -0.25) is 4.98 Å². The van der Waals surface area contributed by atoms with E-state index in [0.717, 1.165) is 61.5 Å². The van der Waals surface area contributed by atoms with Crippen LogP contribution in [0.1, 0.15) is 69.4 Å². The smallest absolute Gasteiger partial charge is 0.248 e. The van der Waals surface area contributed by atoms with E-state index in [1.165, 1.54) is 11.1 Å². The number of pyridine rings is 1. The molecule has 0 saturated carbocycles. The van der Waals surface area contributed by atoms with Crippen molar-refractivity contribution in [3.8, 4) is 68.8 Å². The van der Waals surface area contributed by atoms with E-state index in [9.17, 15) is 0 Å². The van der Waals surface area contributed by atoms with Crippen molar-refractivity contribution in [3.63, 3.8) is 0 Å². The summed E-state index contributed by atoms with van der Waals surface area (Å²) in [6, 6.07) is 52.5. The third-order valence-electron chi connectivity index (χ3n) is 11.9. The maximum absolute atomic E-state index is 6.52. The molecule has 0 aliphatic carbocycles. The monoisotopic (exact) mass is 897 g/mol. The summed E-state index contributed by atoms with van der Waals surface area (Å²) in [6.07, 6.45) is 1.79. The van der Waals surface area contributed by atoms with Crippen LogP contribution in [0.5, 0.6) is 11.5 Å². The van der Waals surface area contributed by atoms with Gasteiger partial charge in [-0.1, -0.05) is 108 Å². The van der Waals surface area contributed by atoms with Gasteiger partial charge in [0.25, 0.3) is 0 Å². The minimum absolute atomic E-state index is 0.0584. The third-order valence-corrected chi connectivity index (χ3v) is 11.9. The molecule has 4 heterocycles. The van der Waals surface area contributed by atoms with Gasteiger partial charge in [-0.25, -0.2) is 4.98 Å². The molecule has 0 N–H and O–H groups in total. The molecule has 0 aliphatic heterocycles. The number of rotatable bonds is 13. The third kappa shape index (κ3) is 9.69.